The van der Waals surface area contributed by atoms with E-state index in [1.165, 1.54) is 22.0 Å². The zero-order valence-electron chi connectivity index (χ0n) is 13.5. The third kappa shape index (κ3) is 4.60. The smallest absolute Gasteiger partial charge is 0.220 e. The molecule has 4 N–H and O–H groups in total. The number of aromatic amines is 1. The first-order valence-corrected chi connectivity index (χ1v) is 8.24. The lowest BCUT2D eigenvalue weighted by Gasteiger charge is -2.05. The largest absolute Gasteiger partial charge is 0.361 e. The third-order valence-electron chi connectivity index (χ3n) is 4.08. The number of fused-ring (bicyclic) bond motifs is 1. The number of hydrogen-bond acceptors (Lipinski definition) is 2. The molecule has 0 aliphatic carbocycles. The Kier molecular flexibility index (Phi) is 6.46. The number of H-pyrrole nitrogens is 1. The predicted octanol–water partition coefficient (Wildman–Crippen LogP) is 3.04. The fourth-order valence-electron chi connectivity index (χ4n) is 2.78. The molecule has 2 aromatic rings. The van der Waals surface area contributed by atoms with Gasteiger partial charge in [-0.2, -0.15) is 0 Å². The van der Waals surface area contributed by atoms with Crippen molar-refractivity contribution < 1.29 is 4.79 Å². The van der Waals surface area contributed by atoms with Crippen LogP contribution in [0.4, 0.5) is 0 Å². The highest BCUT2D eigenvalue weighted by molar-refractivity contribution is 5.86. The second-order valence-corrected chi connectivity index (χ2v) is 5.86. The van der Waals surface area contributed by atoms with Gasteiger partial charge in [0.1, 0.15) is 0 Å². The average Bonchev–Trinajstić information content (AvgIpc) is 2.92. The van der Waals surface area contributed by atoms with Crippen LogP contribution in [0, 0.1) is 6.92 Å². The van der Waals surface area contributed by atoms with Gasteiger partial charge in [0.05, 0.1) is 0 Å². The average molecular weight is 301 g/mol. The second-order valence-electron chi connectivity index (χ2n) is 5.86. The molecule has 2 rings (SSSR count). The van der Waals surface area contributed by atoms with E-state index in [2.05, 4.69) is 41.6 Å². The maximum absolute atomic E-state index is 11.8. The predicted molar refractivity (Wildman–Crippen MR) is 91.9 cm³/mol. The van der Waals surface area contributed by atoms with E-state index in [0.29, 0.717) is 13.0 Å². The Balaban J connectivity index is 1.71. The monoisotopic (exact) mass is 301 g/mol. The van der Waals surface area contributed by atoms with Crippen molar-refractivity contribution in [1.29, 1.82) is 0 Å². The summed E-state index contributed by atoms with van der Waals surface area (Å²) in [6.07, 6.45) is 7.76. The number of aromatic nitrogens is 1. The molecule has 0 saturated heterocycles. The summed E-state index contributed by atoms with van der Waals surface area (Å²) in [6, 6.07) is 6.32. The molecule has 1 aromatic heterocycles. The number of benzene rings is 1. The van der Waals surface area contributed by atoms with Crippen LogP contribution >= 0.6 is 0 Å². The Labute approximate surface area is 132 Å². The molecular formula is C18H27N3O. The number of nitrogens with one attached hydrogen (secondary N) is 2. The van der Waals surface area contributed by atoms with Crippen molar-refractivity contribution in [3.8, 4) is 0 Å². The van der Waals surface area contributed by atoms with Crippen LogP contribution in [0.1, 0.15) is 43.2 Å². The Bertz CT molecular complexity index is 603. The van der Waals surface area contributed by atoms with Gasteiger partial charge in [-0.05, 0) is 43.9 Å². The van der Waals surface area contributed by atoms with E-state index in [0.717, 1.165) is 38.6 Å². The van der Waals surface area contributed by atoms with Gasteiger partial charge < -0.3 is 16.0 Å². The Morgan fingerprint density at radius 3 is 2.86 bits per heavy atom. The number of para-hydroxylation sites is 1. The molecule has 4 heteroatoms. The normalized spacial score (nSPS) is 11.0. The zero-order valence-corrected chi connectivity index (χ0v) is 13.5. The molecule has 1 aromatic carbocycles. The minimum Gasteiger partial charge on any atom is -0.361 e. The van der Waals surface area contributed by atoms with Crippen LogP contribution in [0.25, 0.3) is 10.9 Å². The number of carbonyl (C=O) groups excluding carboxylic acids is 1. The quantitative estimate of drug-likeness (QED) is 0.623. The van der Waals surface area contributed by atoms with E-state index in [1.54, 1.807) is 0 Å². The number of nitrogens with two attached hydrogens (primary N) is 1. The number of unbranched alkanes of at least 4 members (excludes halogenated alkanes) is 3. The molecule has 120 valence electrons. The van der Waals surface area contributed by atoms with Crippen molar-refractivity contribution in [1.82, 2.24) is 10.3 Å². The van der Waals surface area contributed by atoms with Gasteiger partial charge >= 0.3 is 0 Å². The summed E-state index contributed by atoms with van der Waals surface area (Å²) < 4.78 is 0. The van der Waals surface area contributed by atoms with Gasteiger partial charge in [0.2, 0.25) is 5.91 Å². The first-order chi connectivity index (χ1) is 10.7. The van der Waals surface area contributed by atoms with Crippen molar-refractivity contribution in [3.63, 3.8) is 0 Å². The fraction of sp³-hybridized carbons (Fsp3) is 0.500. The Morgan fingerprint density at radius 2 is 2.05 bits per heavy atom. The van der Waals surface area contributed by atoms with Crippen LogP contribution in [0.5, 0.6) is 0 Å². The van der Waals surface area contributed by atoms with Crippen molar-refractivity contribution in [2.24, 2.45) is 5.73 Å². The van der Waals surface area contributed by atoms with Crippen LogP contribution in [0.2, 0.25) is 0 Å². The Morgan fingerprint density at radius 1 is 1.23 bits per heavy atom. The van der Waals surface area contributed by atoms with E-state index in [1.807, 2.05) is 0 Å². The minimum atomic E-state index is 0.156. The highest BCUT2D eigenvalue weighted by Gasteiger charge is 2.06. The molecule has 1 heterocycles. The van der Waals surface area contributed by atoms with Crippen LogP contribution in [-0.2, 0) is 11.2 Å². The van der Waals surface area contributed by atoms with Gasteiger partial charge in [-0.15, -0.1) is 0 Å². The maximum Gasteiger partial charge on any atom is 0.220 e. The SMILES string of the molecule is Cc1cccc2c(CCNC(=O)CCCCCCN)c[nH]c12. The van der Waals surface area contributed by atoms with Crippen LogP contribution < -0.4 is 11.1 Å². The molecule has 22 heavy (non-hydrogen) atoms. The molecule has 0 spiro atoms. The molecule has 1 amide bonds. The number of carbonyl (C=O) groups is 1. The first-order valence-electron chi connectivity index (χ1n) is 8.24. The van der Waals surface area contributed by atoms with E-state index >= 15 is 0 Å². The van der Waals surface area contributed by atoms with Gasteiger partial charge in [-0.25, -0.2) is 0 Å². The molecule has 0 atom stereocenters. The van der Waals surface area contributed by atoms with Crippen LogP contribution in [0.3, 0.4) is 0 Å². The molecule has 0 radical (unpaired) electrons. The highest BCUT2D eigenvalue weighted by Crippen LogP contribution is 2.21. The zero-order chi connectivity index (χ0) is 15.8. The fourth-order valence-corrected chi connectivity index (χ4v) is 2.78. The molecule has 0 bridgehead atoms. The summed E-state index contributed by atoms with van der Waals surface area (Å²) in [5.41, 5.74) is 9.17. The van der Waals surface area contributed by atoms with Gasteiger partial charge in [-0.1, -0.05) is 31.0 Å². The summed E-state index contributed by atoms with van der Waals surface area (Å²) in [6.45, 7) is 3.55. The summed E-state index contributed by atoms with van der Waals surface area (Å²) in [7, 11) is 0. The van der Waals surface area contributed by atoms with Gasteiger partial charge in [-0.3, -0.25) is 4.79 Å². The van der Waals surface area contributed by atoms with Gasteiger partial charge in [0.25, 0.3) is 0 Å². The minimum absolute atomic E-state index is 0.156. The number of amides is 1. The number of aryl methyl sites for hydroxylation is 1. The van der Waals surface area contributed by atoms with Gasteiger partial charge in [0.15, 0.2) is 0 Å². The van der Waals surface area contributed by atoms with Crippen LogP contribution in [-0.4, -0.2) is 24.0 Å². The highest BCUT2D eigenvalue weighted by atomic mass is 16.1. The lowest BCUT2D eigenvalue weighted by Crippen LogP contribution is -2.25. The third-order valence-corrected chi connectivity index (χ3v) is 4.08. The summed E-state index contributed by atoms with van der Waals surface area (Å²) >= 11 is 0. The topological polar surface area (TPSA) is 70.9 Å². The number of rotatable bonds is 9. The van der Waals surface area contributed by atoms with Crippen molar-refractivity contribution in [2.45, 2.75) is 45.4 Å². The lowest BCUT2D eigenvalue weighted by molar-refractivity contribution is -0.121. The van der Waals surface area contributed by atoms with E-state index < -0.39 is 0 Å². The summed E-state index contributed by atoms with van der Waals surface area (Å²) in [5.74, 6) is 0.156. The lowest BCUT2D eigenvalue weighted by atomic mass is 10.1. The summed E-state index contributed by atoms with van der Waals surface area (Å²) in [4.78, 5) is 15.1. The Hall–Kier alpha value is -1.81. The maximum atomic E-state index is 11.8. The molecule has 0 unspecified atom stereocenters. The molecular weight excluding hydrogens is 274 g/mol. The number of hydrogen-bond donors (Lipinski definition) is 3. The molecule has 0 fully saturated rings. The molecule has 0 saturated carbocycles. The van der Waals surface area contributed by atoms with E-state index in [-0.39, 0.29) is 5.91 Å². The molecule has 4 nitrogen and oxygen atoms in total. The second kappa shape index (κ2) is 8.59. The first kappa shape index (κ1) is 16.6. The van der Waals surface area contributed by atoms with Crippen molar-refractivity contribution in [2.75, 3.05) is 13.1 Å². The van der Waals surface area contributed by atoms with E-state index in [9.17, 15) is 4.79 Å². The van der Waals surface area contributed by atoms with E-state index in [4.69, 9.17) is 5.73 Å². The molecule has 0 aliphatic rings. The standard InChI is InChI=1S/C18H27N3O/c1-14-7-6-8-16-15(13-21-18(14)16)10-12-20-17(22)9-4-2-3-5-11-19/h6-8,13,21H,2-5,9-12,19H2,1H3,(H,20,22). The van der Waals surface area contributed by atoms with Crippen molar-refractivity contribution in [3.05, 3.63) is 35.5 Å². The van der Waals surface area contributed by atoms with Crippen LogP contribution in [0.15, 0.2) is 24.4 Å². The van der Waals surface area contributed by atoms with Gasteiger partial charge in [0, 0.05) is 30.1 Å². The summed E-state index contributed by atoms with van der Waals surface area (Å²) in [5, 5.41) is 4.27. The van der Waals surface area contributed by atoms with Crippen molar-refractivity contribution >= 4 is 16.8 Å². The molecule has 0 aliphatic heterocycles.